The van der Waals surface area contributed by atoms with Gasteiger partial charge in [0.2, 0.25) is 5.91 Å². The number of aromatic nitrogens is 2. The molecule has 0 saturated heterocycles. The molecule has 0 saturated carbocycles. The number of hydrogen-bond donors (Lipinski definition) is 1. The van der Waals surface area contributed by atoms with E-state index in [1.165, 1.54) is 4.90 Å². The highest BCUT2D eigenvalue weighted by Crippen LogP contribution is 2.25. The van der Waals surface area contributed by atoms with Crippen LogP contribution in [-0.2, 0) is 17.1 Å². The maximum Gasteiger partial charge on any atom is 0.244 e. The molecule has 0 radical (unpaired) electrons. The summed E-state index contributed by atoms with van der Waals surface area (Å²) in [6.07, 6.45) is 0. The fourth-order valence-electron chi connectivity index (χ4n) is 3.10. The third-order valence-electron chi connectivity index (χ3n) is 4.52. The van der Waals surface area contributed by atoms with Gasteiger partial charge in [0.1, 0.15) is 18.1 Å². The SMILES string of the molecule is COc1ccc(NC(=O)Cn2c(CSc3ccccc3)nc3ccccc32)cc1. The van der Waals surface area contributed by atoms with Crippen LogP contribution < -0.4 is 10.1 Å². The minimum atomic E-state index is -0.0933. The Labute approximate surface area is 173 Å². The van der Waals surface area contributed by atoms with Crippen LogP contribution in [0.2, 0.25) is 0 Å². The van der Waals surface area contributed by atoms with Crippen LogP contribution >= 0.6 is 11.8 Å². The molecule has 1 heterocycles. The second kappa shape index (κ2) is 8.84. The van der Waals surface area contributed by atoms with Crippen molar-refractivity contribution in [2.24, 2.45) is 0 Å². The zero-order chi connectivity index (χ0) is 20.1. The van der Waals surface area contributed by atoms with Gasteiger partial charge in [-0.3, -0.25) is 4.79 Å². The van der Waals surface area contributed by atoms with E-state index in [4.69, 9.17) is 9.72 Å². The summed E-state index contributed by atoms with van der Waals surface area (Å²) >= 11 is 1.71. The van der Waals surface area contributed by atoms with Gasteiger partial charge in [-0.05, 0) is 48.5 Å². The first-order valence-electron chi connectivity index (χ1n) is 9.29. The Morgan fingerprint density at radius 3 is 2.48 bits per heavy atom. The van der Waals surface area contributed by atoms with Gasteiger partial charge in [-0.2, -0.15) is 0 Å². The molecule has 0 unspecified atom stereocenters. The number of nitrogens with one attached hydrogen (secondary N) is 1. The predicted octanol–water partition coefficient (Wildman–Crippen LogP) is 4.98. The Morgan fingerprint density at radius 1 is 1.00 bits per heavy atom. The van der Waals surface area contributed by atoms with Crippen LogP contribution in [0.3, 0.4) is 0 Å². The number of ether oxygens (including phenoxy) is 1. The summed E-state index contributed by atoms with van der Waals surface area (Å²) in [5.74, 6) is 2.23. The highest BCUT2D eigenvalue weighted by Gasteiger charge is 2.14. The van der Waals surface area contributed by atoms with Crippen LogP contribution in [0.4, 0.5) is 5.69 Å². The highest BCUT2D eigenvalue weighted by atomic mass is 32.2. The molecule has 0 aliphatic heterocycles. The van der Waals surface area contributed by atoms with E-state index in [0.29, 0.717) is 5.75 Å². The molecule has 1 amide bonds. The van der Waals surface area contributed by atoms with E-state index in [9.17, 15) is 4.79 Å². The van der Waals surface area contributed by atoms with Crippen molar-refractivity contribution in [1.29, 1.82) is 0 Å². The maximum absolute atomic E-state index is 12.7. The third kappa shape index (κ3) is 4.60. The number of nitrogens with zero attached hydrogens (tertiary/aromatic N) is 2. The fourth-order valence-corrected chi connectivity index (χ4v) is 3.96. The van der Waals surface area contributed by atoms with Gasteiger partial charge in [-0.15, -0.1) is 11.8 Å². The lowest BCUT2D eigenvalue weighted by Gasteiger charge is -2.10. The monoisotopic (exact) mass is 403 g/mol. The number of para-hydroxylation sites is 2. The minimum absolute atomic E-state index is 0.0933. The summed E-state index contributed by atoms with van der Waals surface area (Å²) in [6.45, 7) is 0.206. The van der Waals surface area contributed by atoms with Crippen molar-refractivity contribution in [1.82, 2.24) is 9.55 Å². The number of hydrogen-bond acceptors (Lipinski definition) is 4. The molecule has 4 rings (SSSR count). The van der Waals surface area contributed by atoms with Crippen molar-refractivity contribution in [3.05, 3.63) is 84.7 Å². The Morgan fingerprint density at radius 2 is 1.72 bits per heavy atom. The summed E-state index contributed by atoms with van der Waals surface area (Å²) in [5, 5.41) is 2.95. The maximum atomic E-state index is 12.7. The first-order chi connectivity index (χ1) is 14.2. The quantitative estimate of drug-likeness (QED) is 0.442. The molecule has 0 atom stereocenters. The molecule has 0 bridgehead atoms. The molecule has 1 N–H and O–H groups in total. The smallest absolute Gasteiger partial charge is 0.244 e. The average molecular weight is 404 g/mol. The van der Waals surface area contributed by atoms with Crippen molar-refractivity contribution in [2.45, 2.75) is 17.2 Å². The van der Waals surface area contributed by atoms with Crippen molar-refractivity contribution in [3.8, 4) is 5.75 Å². The number of fused-ring (bicyclic) bond motifs is 1. The van der Waals surface area contributed by atoms with E-state index in [0.717, 1.165) is 28.3 Å². The van der Waals surface area contributed by atoms with E-state index in [-0.39, 0.29) is 12.5 Å². The molecule has 0 fully saturated rings. The van der Waals surface area contributed by atoms with Crippen molar-refractivity contribution in [2.75, 3.05) is 12.4 Å². The Bertz CT molecular complexity index is 1110. The molecule has 6 heteroatoms. The molecule has 146 valence electrons. The molecule has 29 heavy (non-hydrogen) atoms. The molecule has 0 spiro atoms. The summed E-state index contributed by atoms with van der Waals surface area (Å²) in [7, 11) is 1.62. The molecule has 0 aliphatic rings. The Balaban J connectivity index is 1.53. The molecule has 4 aromatic rings. The number of rotatable bonds is 7. The number of carbonyl (C=O) groups excluding carboxylic acids is 1. The van der Waals surface area contributed by atoms with Gasteiger partial charge in [0.25, 0.3) is 0 Å². The first kappa shape index (κ1) is 19.1. The summed E-state index contributed by atoms with van der Waals surface area (Å²) in [6, 6.07) is 25.4. The first-order valence-corrected chi connectivity index (χ1v) is 10.3. The fraction of sp³-hybridized carbons (Fsp3) is 0.130. The lowest BCUT2D eigenvalue weighted by Crippen LogP contribution is -2.20. The van der Waals surface area contributed by atoms with Crippen LogP contribution in [0.25, 0.3) is 11.0 Å². The van der Waals surface area contributed by atoms with Crippen LogP contribution in [0.15, 0.2) is 83.8 Å². The number of methoxy groups -OCH3 is 1. The Hall–Kier alpha value is -3.25. The van der Waals surface area contributed by atoms with Gasteiger partial charge in [-0.25, -0.2) is 4.98 Å². The number of carbonyl (C=O) groups is 1. The summed E-state index contributed by atoms with van der Waals surface area (Å²) in [4.78, 5) is 18.6. The molecule has 1 aromatic heterocycles. The van der Waals surface area contributed by atoms with E-state index in [1.54, 1.807) is 18.9 Å². The van der Waals surface area contributed by atoms with Gasteiger partial charge < -0.3 is 14.6 Å². The zero-order valence-corrected chi connectivity index (χ0v) is 16.9. The number of benzene rings is 3. The number of amides is 1. The Kier molecular flexibility index (Phi) is 5.81. The van der Waals surface area contributed by atoms with Gasteiger partial charge in [0.05, 0.1) is 23.9 Å². The standard InChI is InChI=1S/C23H21N3O2S/c1-28-18-13-11-17(12-14-18)24-23(27)15-26-21-10-6-5-9-20(21)25-22(26)16-29-19-7-3-2-4-8-19/h2-14H,15-16H2,1H3,(H,24,27). The van der Waals surface area contributed by atoms with E-state index >= 15 is 0 Å². The van der Waals surface area contributed by atoms with Crippen LogP contribution in [0.5, 0.6) is 5.75 Å². The normalized spacial score (nSPS) is 10.8. The van der Waals surface area contributed by atoms with Crippen LogP contribution in [-0.4, -0.2) is 22.6 Å². The van der Waals surface area contributed by atoms with Crippen molar-refractivity contribution >= 4 is 34.4 Å². The predicted molar refractivity (Wildman–Crippen MR) is 117 cm³/mol. The van der Waals surface area contributed by atoms with Gasteiger partial charge in [-0.1, -0.05) is 30.3 Å². The third-order valence-corrected chi connectivity index (χ3v) is 5.53. The summed E-state index contributed by atoms with van der Waals surface area (Å²) < 4.78 is 7.15. The topological polar surface area (TPSA) is 56.1 Å². The lowest BCUT2D eigenvalue weighted by molar-refractivity contribution is -0.116. The van der Waals surface area contributed by atoms with E-state index in [1.807, 2.05) is 71.3 Å². The molecule has 0 aliphatic carbocycles. The average Bonchev–Trinajstić information content (AvgIpc) is 3.11. The number of anilines is 1. The van der Waals surface area contributed by atoms with E-state index in [2.05, 4.69) is 17.4 Å². The van der Waals surface area contributed by atoms with E-state index < -0.39 is 0 Å². The largest absolute Gasteiger partial charge is 0.497 e. The second-order valence-corrected chi connectivity index (χ2v) is 7.53. The number of imidazole rings is 1. The van der Waals surface area contributed by atoms with Crippen LogP contribution in [0, 0.1) is 0 Å². The molecular weight excluding hydrogens is 382 g/mol. The molecule has 3 aromatic carbocycles. The van der Waals surface area contributed by atoms with Gasteiger partial charge >= 0.3 is 0 Å². The van der Waals surface area contributed by atoms with Crippen LogP contribution in [0.1, 0.15) is 5.82 Å². The highest BCUT2D eigenvalue weighted by molar-refractivity contribution is 7.98. The van der Waals surface area contributed by atoms with Gasteiger partial charge in [0, 0.05) is 10.6 Å². The lowest BCUT2D eigenvalue weighted by atomic mass is 10.3. The second-order valence-electron chi connectivity index (χ2n) is 6.48. The number of thioether (sulfide) groups is 1. The van der Waals surface area contributed by atoms with Gasteiger partial charge in [0.15, 0.2) is 0 Å². The van der Waals surface area contributed by atoms with Crippen molar-refractivity contribution in [3.63, 3.8) is 0 Å². The minimum Gasteiger partial charge on any atom is -0.497 e. The zero-order valence-electron chi connectivity index (χ0n) is 16.0. The molecule has 5 nitrogen and oxygen atoms in total. The van der Waals surface area contributed by atoms with Crippen molar-refractivity contribution < 1.29 is 9.53 Å². The summed E-state index contributed by atoms with van der Waals surface area (Å²) in [5.41, 5.74) is 2.59. The molecular formula is C23H21N3O2S.